The zero-order valence-electron chi connectivity index (χ0n) is 15.5. The van der Waals surface area contributed by atoms with Crippen LogP contribution in [0.25, 0.3) is 0 Å². The summed E-state index contributed by atoms with van der Waals surface area (Å²) in [5.74, 6) is -0.0294. The van der Waals surface area contributed by atoms with Gasteiger partial charge in [-0.25, -0.2) is 0 Å². The minimum absolute atomic E-state index is 0.0315. The summed E-state index contributed by atoms with van der Waals surface area (Å²) in [4.78, 5) is 30.2. The Morgan fingerprint density at radius 2 is 1.75 bits per heavy atom. The summed E-state index contributed by atoms with van der Waals surface area (Å²) in [6.07, 6.45) is 0. The first-order chi connectivity index (χ1) is 11.2. The van der Waals surface area contributed by atoms with Gasteiger partial charge in [0.05, 0.1) is 0 Å². The average Bonchev–Trinajstić information content (AvgIpc) is 2.51. The molecule has 0 bridgehead atoms. The molecule has 0 atom stereocenters. The number of piperazine rings is 1. The molecule has 5 heteroatoms. The highest BCUT2D eigenvalue weighted by Gasteiger charge is 2.29. The van der Waals surface area contributed by atoms with Crippen molar-refractivity contribution in [2.24, 2.45) is 0 Å². The number of benzene rings is 1. The van der Waals surface area contributed by atoms with Gasteiger partial charge in [0.25, 0.3) is 0 Å². The Kier molecular flexibility index (Phi) is 5.52. The lowest BCUT2D eigenvalue weighted by Gasteiger charge is -2.39. The molecule has 1 aromatic rings. The van der Waals surface area contributed by atoms with Gasteiger partial charge < -0.3 is 14.7 Å². The first-order valence-electron chi connectivity index (χ1n) is 8.56. The van der Waals surface area contributed by atoms with Gasteiger partial charge in [-0.2, -0.15) is 0 Å². The summed E-state index contributed by atoms with van der Waals surface area (Å²) in [7, 11) is 0. The third-order valence-corrected chi connectivity index (χ3v) is 4.48. The van der Waals surface area contributed by atoms with E-state index in [-0.39, 0.29) is 23.9 Å². The number of rotatable bonds is 3. The molecule has 0 N–H and O–H groups in total. The summed E-state index contributed by atoms with van der Waals surface area (Å²) in [5.41, 5.74) is 2.11. The van der Waals surface area contributed by atoms with Gasteiger partial charge in [-0.3, -0.25) is 9.59 Å². The Labute approximate surface area is 145 Å². The molecule has 1 saturated heterocycles. The average molecular weight is 331 g/mol. The van der Waals surface area contributed by atoms with E-state index in [1.165, 1.54) is 18.2 Å². The van der Waals surface area contributed by atoms with E-state index in [4.69, 9.17) is 0 Å². The molecule has 24 heavy (non-hydrogen) atoms. The van der Waals surface area contributed by atoms with Crippen molar-refractivity contribution >= 4 is 17.5 Å². The van der Waals surface area contributed by atoms with Crippen LogP contribution in [0, 0.1) is 6.92 Å². The van der Waals surface area contributed by atoms with Gasteiger partial charge in [0, 0.05) is 44.3 Å². The van der Waals surface area contributed by atoms with Crippen LogP contribution in [-0.4, -0.2) is 59.9 Å². The van der Waals surface area contributed by atoms with Crippen LogP contribution in [0.1, 0.15) is 33.3 Å². The third-order valence-electron chi connectivity index (χ3n) is 4.48. The Morgan fingerprint density at radius 1 is 1.12 bits per heavy atom. The highest BCUT2D eigenvalue weighted by atomic mass is 16.2. The smallest absolute Gasteiger partial charge is 0.242 e. The zero-order valence-corrected chi connectivity index (χ0v) is 15.5. The molecule has 2 rings (SSSR count). The number of carbonyl (C=O) groups is 2. The summed E-state index contributed by atoms with van der Waals surface area (Å²) in [6, 6.07) is 8.44. The van der Waals surface area contributed by atoms with Crippen molar-refractivity contribution in [3.63, 3.8) is 0 Å². The van der Waals surface area contributed by atoms with Gasteiger partial charge in [0.1, 0.15) is 6.54 Å². The molecule has 0 saturated carbocycles. The molecule has 0 aromatic heterocycles. The molecular formula is C19H29N3O2. The number of carbonyl (C=O) groups excluding carboxylic acids is 2. The van der Waals surface area contributed by atoms with Gasteiger partial charge in [0.2, 0.25) is 11.8 Å². The van der Waals surface area contributed by atoms with Crippen LogP contribution in [0.3, 0.4) is 0 Å². The molecule has 1 heterocycles. The fourth-order valence-corrected chi connectivity index (χ4v) is 3.09. The maximum absolute atomic E-state index is 12.6. The zero-order chi connectivity index (χ0) is 17.9. The number of amides is 2. The van der Waals surface area contributed by atoms with Gasteiger partial charge >= 0.3 is 0 Å². The quantitative estimate of drug-likeness (QED) is 0.853. The van der Waals surface area contributed by atoms with E-state index in [9.17, 15) is 9.59 Å². The van der Waals surface area contributed by atoms with Crippen LogP contribution in [-0.2, 0) is 9.59 Å². The molecule has 1 aromatic carbocycles. The molecule has 1 aliphatic rings. The van der Waals surface area contributed by atoms with Crippen LogP contribution >= 0.6 is 0 Å². The van der Waals surface area contributed by atoms with Crippen molar-refractivity contribution in [3.8, 4) is 0 Å². The van der Waals surface area contributed by atoms with E-state index < -0.39 is 0 Å². The second-order valence-corrected chi connectivity index (χ2v) is 7.48. The van der Waals surface area contributed by atoms with Crippen molar-refractivity contribution < 1.29 is 9.59 Å². The van der Waals surface area contributed by atoms with Gasteiger partial charge in [-0.15, -0.1) is 0 Å². The number of hydrogen-bond acceptors (Lipinski definition) is 3. The number of aryl methyl sites for hydroxylation is 1. The second kappa shape index (κ2) is 7.24. The lowest BCUT2D eigenvalue weighted by Crippen LogP contribution is -2.54. The highest BCUT2D eigenvalue weighted by molar-refractivity contribution is 5.84. The molecule has 0 unspecified atom stereocenters. The lowest BCUT2D eigenvalue weighted by atomic mass is 10.1. The minimum atomic E-state index is -0.342. The SMILES string of the molecule is CC(=O)N(CC(=O)N1CCN(c2cccc(C)c2)CC1)C(C)(C)C. The molecule has 1 aliphatic heterocycles. The predicted octanol–water partition coefficient (Wildman–Crippen LogP) is 2.29. The summed E-state index contributed by atoms with van der Waals surface area (Å²) < 4.78 is 0. The van der Waals surface area contributed by atoms with Crippen LogP contribution in [0.2, 0.25) is 0 Å². The van der Waals surface area contributed by atoms with Crippen molar-refractivity contribution in [2.45, 2.75) is 40.2 Å². The van der Waals surface area contributed by atoms with E-state index in [1.807, 2.05) is 25.7 Å². The molecule has 0 radical (unpaired) electrons. The van der Waals surface area contributed by atoms with Gasteiger partial charge in [-0.05, 0) is 45.4 Å². The molecule has 0 aliphatic carbocycles. The fraction of sp³-hybridized carbons (Fsp3) is 0.579. The third kappa shape index (κ3) is 4.49. The Balaban J connectivity index is 1.94. The van der Waals surface area contributed by atoms with E-state index in [0.717, 1.165) is 13.1 Å². The number of anilines is 1. The normalized spacial score (nSPS) is 15.4. The lowest BCUT2D eigenvalue weighted by molar-refractivity contribution is -0.143. The van der Waals surface area contributed by atoms with E-state index in [0.29, 0.717) is 13.1 Å². The molecule has 1 fully saturated rings. The van der Waals surface area contributed by atoms with Crippen molar-refractivity contribution in [1.29, 1.82) is 0 Å². The summed E-state index contributed by atoms with van der Waals surface area (Å²) in [5, 5.41) is 0. The Bertz CT molecular complexity index is 599. The van der Waals surface area contributed by atoms with Crippen LogP contribution in [0.5, 0.6) is 0 Å². The first kappa shape index (κ1) is 18.3. The highest BCUT2D eigenvalue weighted by Crippen LogP contribution is 2.19. The fourth-order valence-electron chi connectivity index (χ4n) is 3.09. The second-order valence-electron chi connectivity index (χ2n) is 7.48. The minimum Gasteiger partial charge on any atom is -0.368 e. The van der Waals surface area contributed by atoms with Crippen molar-refractivity contribution in [3.05, 3.63) is 29.8 Å². The predicted molar refractivity (Wildman–Crippen MR) is 97.1 cm³/mol. The Hall–Kier alpha value is -2.04. The molecule has 0 spiro atoms. The standard InChI is InChI=1S/C19H29N3O2/c1-15-7-6-8-17(13-15)20-9-11-21(12-10-20)18(24)14-22(16(2)23)19(3,4)5/h6-8,13H,9-12,14H2,1-5H3. The Morgan fingerprint density at radius 3 is 2.25 bits per heavy atom. The van der Waals surface area contributed by atoms with E-state index in [1.54, 1.807) is 4.90 Å². The largest absolute Gasteiger partial charge is 0.368 e. The molecule has 132 valence electrons. The maximum atomic E-state index is 12.6. The summed E-state index contributed by atoms with van der Waals surface area (Å²) >= 11 is 0. The van der Waals surface area contributed by atoms with E-state index >= 15 is 0 Å². The monoisotopic (exact) mass is 331 g/mol. The van der Waals surface area contributed by atoms with E-state index in [2.05, 4.69) is 36.1 Å². The van der Waals surface area contributed by atoms with Gasteiger partial charge in [0.15, 0.2) is 0 Å². The molecule has 2 amide bonds. The molecular weight excluding hydrogens is 302 g/mol. The van der Waals surface area contributed by atoms with Crippen LogP contribution < -0.4 is 4.90 Å². The van der Waals surface area contributed by atoms with Crippen LogP contribution in [0.15, 0.2) is 24.3 Å². The van der Waals surface area contributed by atoms with Gasteiger partial charge in [-0.1, -0.05) is 12.1 Å². The van der Waals surface area contributed by atoms with Crippen LogP contribution in [0.4, 0.5) is 5.69 Å². The molecule has 5 nitrogen and oxygen atoms in total. The van der Waals surface area contributed by atoms with Crippen molar-refractivity contribution in [1.82, 2.24) is 9.80 Å². The number of hydrogen-bond donors (Lipinski definition) is 0. The summed E-state index contributed by atoms with van der Waals surface area (Å²) in [6.45, 7) is 12.7. The maximum Gasteiger partial charge on any atom is 0.242 e. The first-order valence-corrected chi connectivity index (χ1v) is 8.56. The number of nitrogens with zero attached hydrogens (tertiary/aromatic N) is 3. The van der Waals surface area contributed by atoms with Crippen molar-refractivity contribution in [2.75, 3.05) is 37.6 Å². The topological polar surface area (TPSA) is 43.9 Å².